The molecule has 432 valence electrons. The molecular weight excluding hydrogens is 1090 g/mol. The van der Waals surface area contributed by atoms with Gasteiger partial charge in [0.2, 0.25) is 11.8 Å². The van der Waals surface area contributed by atoms with Gasteiger partial charge in [0, 0.05) is 61.7 Å². The van der Waals surface area contributed by atoms with Gasteiger partial charge in [-0.2, -0.15) is 4.98 Å². The molecule has 0 radical (unpaired) electrons. The maximum atomic E-state index is 14.7. The topological polar surface area (TPSA) is 266 Å². The number of thiazole rings is 1. The number of nitrogens with zero attached hydrogens (tertiary/aromatic N) is 7. The number of carbonyl (C=O) groups excluding carboxylic acids is 3. The number of anilines is 2. The number of benzene rings is 2. The minimum Gasteiger partial charge on any atom is -0.497 e. The fraction of sp³-hybridized carbons (Fsp3) is 0.529. The molecule has 0 spiro atoms. The molecule has 1 aliphatic rings. The molecule has 2 aromatic carbocycles. The second kappa shape index (κ2) is 35.0. The molecule has 1 aliphatic heterocycles. The number of nitrogens with one attached hydrogen (secondary N) is 4. The van der Waals surface area contributed by atoms with Crippen LogP contribution in [0.2, 0.25) is 5.02 Å². The first-order valence-corrected chi connectivity index (χ1v) is 27.8. The summed E-state index contributed by atoms with van der Waals surface area (Å²) in [6.07, 6.45) is 3.55. The van der Waals surface area contributed by atoms with Crippen molar-refractivity contribution >= 4 is 63.4 Å². The molecule has 6 rings (SSSR count). The lowest BCUT2D eigenvalue weighted by Gasteiger charge is -2.32. The van der Waals surface area contributed by atoms with Gasteiger partial charge in [0.15, 0.2) is 5.13 Å². The lowest BCUT2D eigenvalue weighted by atomic mass is 10.1. The average molecular weight is 1160 g/mol. The second-order valence-electron chi connectivity index (χ2n) is 17.5. The number of piperazine rings is 1. The van der Waals surface area contributed by atoms with E-state index in [0.717, 1.165) is 24.9 Å². The van der Waals surface area contributed by atoms with Crippen LogP contribution in [0, 0.1) is 5.82 Å². The van der Waals surface area contributed by atoms with Crippen LogP contribution in [0.15, 0.2) is 70.1 Å². The summed E-state index contributed by atoms with van der Waals surface area (Å²) in [7, 11) is 3.48. The number of carbonyl (C=O) groups is 3. The number of aromatic nitrogens is 6. The van der Waals surface area contributed by atoms with Gasteiger partial charge in [-0.15, -0.1) is 16.4 Å². The van der Waals surface area contributed by atoms with Crippen LogP contribution in [0.1, 0.15) is 36.3 Å². The predicted molar refractivity (Wildman–Crippen MR) is 293 cm³/mol. The summed E-state index contributed by atoms with van der Waals surface area (Å²) in [5.74, 6) is 0.107. The van der Waals surface area contributed by atoms with Crippen LogP contribution in [0.5, 0.6) is 11.5 Å². The Bertz CT molecular complexity index is 2670. The molecule has 2 atom stereocenters. The lowest BCUT2D eigenvalue weighted by molar-refractivity contribution is -0.132. The quantitative estimate of drug-likeness (QED) is 0.0238. The Balaban J connectivity index is 0.700. The molecule has 0 unspecified atom stereocenters. The number of H-pyrrole nitrogens is 1. The Morgan fingerprint density at radius 3 is 2.10 bits per heavy atom. The molecule has 4 N–H and O–H groups in total. The van der Waals surface area contributed by atoms with Crippen molar-refractivity contribution in [3.63, 3.8) is 0 Å². The molecule has 4 heterocycles. The molecular formula is C51H69ClFN11O13S2. The van der Waals surface area contributed by atoms with Gasteiger partial charge in [0.25, 0.3) is 0 Å². The van der Waals surface area contributed by atoms with Gasteiger partial charge in [-0.05, 0) is 50.7 Å². The number of rotatable bonds is 37. The van der Waals surface area contributed by atoms with Crippen molar-refractivity contribution in [2.45, 2.75) is 49.2 Å². The third-order valence-corrected chi connectivity index (χ3v) is 14.0. The van der Waals surface area contributed by atoms with E-state index in [1.165, 1.54) is 30.7 Å². The fourth-order valence-electron chi connectivity index (χ4n) is 7.32. The largest absolute Gasteiger partial charge is 0.497 e. The molecule has 4 amide bonds. The van der Waals surface area contributed by atoms with Gasteiger partial charge >= 0.3 is 11.7 Å². The highest BCUT2D eigenvalue weighted by molar-refractivity contribution is 8.00. The van der Waals surface area contributed by atoms with Crippen molar-refractivity contribution in [2.24, 2.45) is 0 Å². The van der Waals surface area contributed by atoms with E-state index in [-0.39, 0.29) is 54.2 Å². The summed E-state index contributed by atoms with van der Waals surface area (Å²) in [6.45, 7) is 10.6. The van der Waals surface area contributed by atoms with Crippen LogP contribution in [0.3, 0.4) is 0 Å². The Morgan fingerprint density at radius 1 is 0.797 bits per heavy atom. The molecule has 1 fully saturated rings. The molecule has 24 nitrogen and oxygen atoms in total. The van der Waals surface area contributed by atoms with E-state index in [4.69, 9.17) is 54.2 Å². The summed E-state index contributed by atoms with van der Waals surface area (Å²) in [6, 6.07) is 10.3. The van der Waals surface area contributed by atoms with E-state index in [9.17, 15) is 23.6 Å². The van der Waals surface area contributed by atoms with E-state index in [1.807, 2.05) is 11.9 Å². The minimum absolute atomic E-state index is 0.0390. The van der Waals surface area contributed by atoms with Crippen molar-refractivity contribution in [2.75, 3.05) is 143 Å². The van der Waals surface area contributed by atoms with Gasteiger partial charge < -0.3 is 68.0 Å². The van der Waals surface area contributed by atoms with Crippen LogP contribution >= 0.6 is 34.7 Å². The first-order chi connectivity index (χ1) is 38.4. The number of likely N-dealkylation sites (N-methyl/N-ethyl adjacent to an activating group) is 1. The van der Waals surface area contributed by atoms with Gasteiger partial charge in [0.1, 0.15) is 34.6 Å². The van der Waals surface area contributed by atoms with Crippen molar-refractivity contribution in [3.8, 4) is 11.5 Å². The first kappa shape index (κ1) is 62.3. The van der Waals surface area contributed by atoms with Crippen LogP contribution in [0.25, 0.3) is 0 Å². The Kier molecular flexibility index (Phi) is 27.6. The molecule has 79 heavy (non-hydrogen) atoms. The predicted octanol–water partition coefficient (Wildman–Crippen LogP) is 4.70. The fourth-order valence-corrected chi connectivity index (χ4v) is 9.22. The normalized spacial score (nSPS) is 13.5. The average Bonchev–Trinajstić information content (AvgIpc) is 4.10. The molecule has 28 heteroatoms. The van der Waals surface area contributed by atoms with Crippen molar-refractivity contribution < 1.29 is 61.4 Å². The SMILES string of the molecule is COc1ccc([C@@H](C)NC(=O)[C@@H](CCOCCOCCOCCn2cc(COCCOCCOCCOCCOc3ccc(NC(=O)Nc4nc(CC(=O)N5CCN(C)CC5)cs4)cc3)nn2)Sc2nc(=O)[nH]cc2Cl)c(F)c1. The number of hydrogen-bond acceptors (Lipinski definition) is 20. The maximum absolute atomic E-state index is 14.7. The zero-order valence-corrected chi connectivity index (χ0v) is 46.9. The zero-order valence-electron chi connectivity index (χ0n) is 44.5. The number of methoxy groups -OCH3 is 1. The lowest BCUT2D eigenvalue weighted by Crippen LogP contribution is -2.47. The van der Waals surface area contributed by atoms with Gasteiger partial charge in [-0.3, -0.25) is 14.9 Å². The summed E-state index contributed by atoms with van der Waals surface area (Å²) in [4.78, 5) is 65.1. The number of urea groups is 1. The van der Waals surface area contributed by atoms with E-state index in [1.54, 1.807) is 59.6 Å². The number of thioether (sulfide) groups is 1. The van der Waals surface area contributed by atoms with Crippen LogP contribution in [-0.2, 0) is 62.3 Å². The van der Waals surface area contributed by atoms with Crippen LogP contribution in [-0.4, -0.2) is 196 Å². The number of aromatic amines is 1. The second-order valence-corrected chi connectivity index (χ2v) is 20.0. The maximum Gasteiger partial charge on any atom is 0.346 e. The minimum atomic E-state index is -0.755. The van der Waals surface area contributed by atoms with Crippen molar-refractivity contribution in [1.29, 1.82) is 0 Å². The van der Waals surface area contributed by atoms with Gasteiger partial charge in [0.05, 0.1) is 134 Å². The third-order valence-electron chi connectivity index (χ3n) is 11.6. The summed E-state index contributed by atoms with van der Waals surface area (Å²) in [5.41, 5.74) is 1.57. The molecule has 0 saturated carbocycles. The highest BCUT2D eigenvalue weighted by Crippen LogP contribution is 2.30. The van der Waals surface area contributed by atoms with E-state index >= 15 is 0 Å². The highest BCUT2D eigenvalue weighted by atomic mass is 35.5. The molecule has 3 aromatic heterocycles. The molecule has 1 saturated heterocycles. The van der Waals surface area contributed by atoms with E-state index in [0.29, 0.717) is 133 Å². The summed E-state index contributed by atoms with van der Waals surface area (Å²) in [5, 5.41) is 18.4. The van der Waals surface area contributed by atoms with E-state index in [2.05, 4.69) is 46.1 Å². The molecule has 5 aromatic rings. The molecule has 0 bridgehead atoms. The zero-order chi connectivity index (χ0) is 56.0. The third kappa shape index (κ3) is 23.4. The Labute approximate surface area is 470 Å². The van der Waals surface area contributed by atoms with Gasteiger partial charge in [-0.1, -0.05) is 34.6 Å². The Morgan fingerprint density at radius 2 is 1.43 bits per heavy atom. The van der Waals surface area contributed by atoms with Crippen molar-refractivity contribution in [3.05, 3.63) is 98.5 Å². The highest BCUT2D eigenvalue weighted by Gasteiger charge is 2.25. The van der Waals surface area contributed by atoms with Crippen LogP contribution in [0.4, 0.5) is 20.0 Å². The summed E-state index contributed by atoms with van der Waals surface area (Å²) >= 11 is 8.54. The number of ether oxygens (including phenoxy) is 9. The Hall–Kier alpha value is -5.85. The monoisotopic (exact) mass is 1160 g/mol. The number of halogens is 2. The van der Waals surface area contributed by atoms with Gasteiger partial charge in [-0.25, -0.2) is 23.6 Å². The standard InChI is InChI=1S/C51H69ClFN11O13S2/c1-36(42-9-8-41(69-3)31-44(42)53)55-47(66)45(79-48-43(52)32-54-49(67)58-48)10-16-70-18-20-72-21-19-71-17-15-64-33-39(60-61-64)34-76-27-26-74-23-22-73-24-25-75-28-29-77-40-6-4-37(5-7-40)56-50(68)59-51-57-38(35-78-51)30-46(65)63-13-11-62(2)12-14-63/h4-9,31-33,35-36,45H,10-30,34H2,1-3H3,(H,55,66)(H,54,58,67)(H2,56,57,59,68)/t36-,45-/m1/s1. The number of amides is 4. The summed E-state index contributed by atoms with van der Waals surface area (Å²) < 4.78 is 66.6. The van der Waals surface area contributed by atoms with E-state index < -0.39 is 34.7 Å². The first-order valence-electron chi connectivity index (χ1n) is 25.6. The van der Waals surface area contributed by atoms with Crippen LogP contribution < -0.4 is 31.1 Å². The smallest absolute Gasteiger partial charge is 0.346 e. The number of hydrogen-bond donors (Lipinski definition) is 4. The van der Waals surface area contributed by atoms with Crippen molar-refractivity contribution in [1.82, 2.24) is 45.1 Å². The molecule has 0 aliphatic carbocycles.